The average Bonchev–Trinajstić information content (AvgIpc) is 2.87. The third kappa shape index (κ3) is 3.61. The molecule has 0 spiro atoms. The van der Waals surface area contributed by atoms with Crippen LogP contribution in [0, 0.1) is 0 Å². The van der Waals surface area contributed by atoms with Crippen molar-refractivity contribution < 1.29 is 14.3 Å². The van der Waals surface area contributed by atoms with E-state index in [1.165, 1.54) is 18.1 Å². The Morgan fingerprint density at radius 3 is 2.30 bits per heavy atom. The molecule has 0 unspecified atom stereocenters. The summed E-state index contributed by atoms with van der Waals surface area (Å²) >= 11 is 18.5. The van der Waals surface area contributed by atoms with Gasteiger partial charge in [-0.25, -0.2) is 4.79 Å². The molecule has 0 bridgehead atoms. The van der Waals surface area contributed by atoms with Crippen molar-refractivity contribution in [2.75, 3.05) is 12.0 Å². The highest BCUT2D eigenvalue weighted by molar-refractivity contribution is 6.37. The summed E-state index contributed by atoms with van der Waals surface area (Å²) in [6.45, 7) is 1.67. The number of rotatable bonds is 3. The Balaban J connectivity index is 2.21. The smallest absolute Gasteiger partial charge is 0.340 e. The van der Waals surface area contributed by atoms with E-state index in [2.05, 4.69) is 0 Å². The fourth-order valence-corrected chi connectivity index (χ4v) is 3.59. The fraction of sp³-hybridized carbons (Fsp3) is 0.100. The molecule has 4 nitrogen and oxygen atoms in total. The normalized spacial score (nSPS) is 15.7. The van der Waals surface area contributed by atoms with Gasteiger partial charge in [-0.2, -0.15) is 0 Å². The molecule has 1 aliphatic heterocycles. The lowest BCUT2D eigenvalue weighted by atomic mass is 10.0. The standard InChI is InChI=1S/C20H14Cl3NO3/c1-11-18(20(26)27-2)15(10-14-16(22)7-4-8-17(14)23)19(25)24(11)13-6-3-5-12(21)9-13/h3-10H,1-2H3/b15-10-. The van der Waals surface area contributed by atoms with Crippen LogP contribution in [0.4, 0.5) is 5.69 Å². The molecule has 0 radical (unpaired) electrons. The van der Waals surface area contributed by atoms with Crippen LogP contribution in [-0.4, -0.2) is 19.0 Å². The van der Waals surface area contributed by atoms with Gasteiger partial charge in [-0.3, -0.25) is 9.69 Å². The number of halogens is 3. The van der Waals surface area contributed by atoms with E-state index in [1.54, 1.807) is 49.4 Å². The molecule has 1 aliphatic rings. The third-order valence-electron chi connectivity index (χ3n) is 4.14. The lowest BCUT2D eigenvalue weighted by molar-refractivity contribution is -0.136. The zero-order valence-electron chi connectivity index (χ0n) is 14.4. The topological polar surface area (TPSA) is 46.6 Å². The zero-order chi connectivity index (χ0) is 19.7. The lowest BCUT2D eigenvalue weighted by Gasteiger charge is -2.18. The van der Waals surface area contributed by atoms with Crippen LogP contribution >= 0.6 is 34.8 Å². The summed E-state index contributed by atoms with van der Waals surface area (Å²) in [6.07, 6.45) is 1.51. The summed E-state index contributed by atoms with van der Waals surface area (Å²) in [6, 6.07) is 11.8. The van der Waals surface area contributed by atoms with Gasteiger partial charge in [0.05, 0.1) is 23.9 Å². The van der Waals surface area contributed by atoms with Crippen molar-refractivity contribution in [2.45, 2.75) is 6.92 Å². The second-order valence-corrected chi connectivity index (χ2v) is 7.02. The molecular weight excluding hydrogens is 409 g/mol. The van der Waals surface area contributed by atoms with E-state index < -0.39 is 11.9 Å². The van der Waals surface area contributed by atoms with Gasteiger partial charge in [0.2, 0.25) is 0 Å². The van der Waals surface area contributed by atoms with Gasteiger partial charge in [0, 0.05) is 26.3 Å². The van der Waals surface area contributed by atoms with Crippen molar-refractivity contribution >= 4 is 58.4 Å². The van der Waals surface area contributed by atoms with Gasteiger partial charge in [-0.05, 0) is 43.3 Å². The Labute approximate surface area is 171 Å². The molecule has 27 heavy (non-hydrogen) atoms. The predicted molar refractivity (Wildman–Crippen MR) is 108 cm³/mol. The first-order valence-electron chi connectivity index (χ1n) is 7.90. The Bertz CT molecular complexity index is 991. The number of methoxy groups -OCH3 is 1. The van der Waals surface area contributed by atoms with E-state index in [1.807, 2.05) is 0 Å². The number of hydrogen-bond acceptors (Lipinski definition) is 3. The van der Waals surface area contributed by atoms with Crippen LogP contribution in [0.1, 0.15) is 12.5 Å². The van der Waals surface area contributed by atoms with Gasteiger partial charge in [0.25, 0.3) is 5.91 Å². The lowest BCUT2D eigenvalue weighted by Crippen LogP contribution is -2.24. The summed E-state index contributed by atoms with van der Waals surface area (Å²) in [5.41, 5.74) is 1.72. The molecule has 7 heteroatoms. The number of carbonyl (C=O) groups is 2. The highest BCUT2D eigenvalue weighted by Crippen LogP contribution is 2.37. The fourth-order valence-electron chi connectivity index (χ4n) is 2.90. The van der Waals surface area contributed by atoms with E-state index in [0.29, 0.717) is 32.0 Å². The second-order valence-electron chi connectivity index (χ2n) is 5.77. The number of nitrogens with zero attached hydrogens (tertiary/aromatic N) is 1. The predicted octanol–water partition coefficient (Wildman–Crippen LogP) is 5.52. The quantitative estimate of drug-likeness (QED) is 0.483. The maximum absolute atomic E-state index is 13.2. The Kier molecular flexibility index (Phi) is 5.61. The van der Waals surface area contributed by atoms with Gasteiger partial charge in [0.15, 0.2) is 0 Å². The van der Waals surface area contributed by atoms with Gasteiger partial charge >= 0.3 is 5.97 Å². The van der Waals surface area contributed by atoms with Crippen LogP contribution in [0.5, 0.6) is 0 Å². The maximum Gasteiger partial charge on any atom is 0.340 e. The van der Waals surface area contributed by atoms with E-state index in [-0.39, 0.29) is 11.1 Å². The Morgan fingerprint density at radius 2 is 1.70 bits per heavy atom. The van der Waals surface area contributed by atoms with E-state index in [4.69, 9.17) is 39.5 Å². The van der Waals surface area contributed by atoms with Crippen molar-refractivity contribution in [3.63, 3.8) is 0 Å². The van der Waals surface area contributed by atoms with Crippen LogP contribution in [-0.2, 0) is 14.3 Å². The van der Waals surface area contributed by atoms with Crippen molar-refractivity contribution in [3.05, 3.63) is 79.9 Å². The molecular formula is C20H14Cl3NO3. The number of amides is 1. The van der Waals surface area contributed by atoms with Crippen molar-refractivity contribution in [3.8, 4) is 0 Å². The first-order valence-corrected chi connectivity index (χ1v) is 9.04. The third-order valence-corrected chi connectivity index (χ3v) is 5.04. The Morgan fingerprint density at radius 1 is 1.07 bits per heavy atom. The summed E-state index contributed by atoms with van der Waals surface area (Å²) in [4.78, 5) is 27.0. The van der Waals surface area contributed by atoms with Crippen LogP contribution < -0.4 is 4.90 Å². The summed E-state index contributed by atoms with van der Waals surface area (Å²) in [5, 5.41) is 1.20. The highest BCUT2D eigenvalue weighted by Gasteiger charge is 2.38. The molecule has 2 aromatic rings. The largest absolute Gasteiger partial charge is 0.465 e. The molecule has 0 aliphatic carbocycles. The van der Waals surface area contributed by atoms with Crippen molar-refractivity contribution in [1.82, 2.24) is 0 Å². The molecule has 0 saturated carbocycles. The first-order chi connectivity index (χ1) is 12.8. The Hall–Kier alpha value is -2.27. The average molecular weight is 423 g/mol. The van der Waals surface area contributed by atoms with Crippen LogP contribution in [0.2, 0.25) is 15.1 Å². The van der Waals surface area contributed by atoms with Gasteiger partial charge < -0.3 is 4.74 Å². The molecule has 0 saturated heterocycles. The monoisotopic (exact) mass is 421 g/mol. The zero-order valence-corrected chi connectivity index (χ0v) is 16.7. The summed E-state index contributed by atoms with van der Waals surface area (Å²) in [7, 11) is 1.26. The van der Waals surface area contributed by atoms with E-state index in [0.717, 1.165) is 0 Å². The molecule has 1 amide bonds. The van der Waals surface area contributed by atoms with Gasteiger partial charge in [0.1, 0.15) is 0 Å². The molecule has 2 aromatic carbocycles. The number of esters is 1. The van der Waals surface area contributed by atoms with Crippen molar-refractivity contribution in [1.29, 1.82) is 0 Å². The van der Waals surface area contributed by atoms with Gasteiger partial charge in [-0.15, -0.1) is 0 Å². The highest BCUT2D eigenvalue weighted by atomic mass is 35.5. The van der Waals surface area contributed by atoms with E-state index in [9.17, 15) is 9.59 Å². The van der Waals surface area contributed by atoms with Crippen LogP contribution in [0.3, 0.4) is 0 Å². The minimum Gasteiger partial charge on any atom is -0.465 e. The van der Waals surface area contributed by atoms with Crippen LogP contribution in [0.15, 0.2) is 59.3 Å². The second kappa shape index (κ2) is 7.77. The first kappa shape index (κ1) is 19.5. The summed E-state index contributed by atoms with van der Waals surface area (Å²) in [5.74, 6) is -1.02. The molecule has 0 N–H and O–H groups in total. The minimum absolute atomic E-state index is 0.148. The van der Waals surface area contributed by atoms with E-state index >= 15 is 0 Å². The molecule has 0 fully saturated rings. The number of carbonyl (C=O) groups excluding carboxylic acids is 2. The SMILES string of the molecule is COC(=O)C1=C(C)N(c2cccc(Cl)c2)C(=O)/C1=C\c1c(Cl)cccc1Cl. The number of anilines is 1. The molecule has 138 valence electrons. The number of ether oxygens (including phenoxy) is 1. The molecule has 1 heterocycles. The molecule has 3 rings (SSSR count). The van der Waals surface area contributed by atoms with Gasteiger partial charge in [-0.1, -0.05) is 46.9 Å². The number of benzene rings is 2. The minimum atomic E-state index is -0.625. The maximum atomic E-state index is 13.2. The van der Waals surface area contributed by atoms with Crippen LogP contribution in [0.25, 0.3) is 6.08 Å². The summed E-state index contributed by atoms with van der Waals surface area (Å²) < 4.78 is 4.88. The molecule has 0 aromatic heterocycles. The van der Waals surface area contributed by atoms with Crippen molar-refractivity contribution in [2.24, 2.45) is 0 Å². The number of allylic oxidation sites excluding steroid dienone is 1. The molecule has 0 atom stereocenters. The number of hydrogen-bond donors (Lipinski definition) is 0.